The first-order chi connectivity index (χ1) is 6.74. The summed E-state index contributed by atoms with van der Waals surface area (Å²) >= 11 is 0. The molecule has 14 heavy (non-hydrogen) atoms. The summed E-state index contributed by atoms with van der Waals surface area (Å²) in [4.78, 5) is 3.88. The Morgan fingerprint density at radius 1 is 1.43 bits per heavy atom. The predicted octanol–water partition coefficient (Wildman–Crippen LogP) is 0.0293. The van der Waals surface area contributed by atoms with Crippen LogP contribution in [-0.2, 0) is 0 Å². The van der Waals surface area contributed by atoms with Crippen LogP contribution in [0.3, 0.4) is 0 Å². The number of hydrogen-bond donors (Lipinski definition) is 3. The van der Waals surface area contributed by atoms with Gasteiger partial charge in [0.2, 0.25) is 5.96 Å². The van der Waals surface area contributed by atoms with E-state index in [4.69, 9.17) is 16.7 Å². The van der Waals surface area contributed by atoms with Gasteiger partial charge in [0.15, 0.2) is 6.19 Å². The average Bonchev–Trinajstić information content (AvgIpc) is 2.19. The van der Waals surface area contributed by atoms with Crippen molar-refractivity contribution >= 4 is 5.96 Å². The zero-order valence-electron chi connectivity index (χ0n) is 7.51. The van der Waals surface area contributed by atoms with Crippen molar-refractivity contribution in [2.24, 2.45) is 16.5 Å². The lowest BCUT2D eigenvalue weighted by atomic mass is 10.2. The van der Waals surface area contributed by atoms with Gasteiger partial charge in [0, 0.05) is 0 Å². The number of guanidine groups is 1. The van der Waals surface area contributed by atoms with E-state index >= 15 is 0 Å². The zero-order valence-corrected chi connectivity index (χ0v) is 7.51. The van der Waals surface area contributed by atoms with Crippen molar-refractivity contribution in [1.29, 1.82) is 5.26 Å². The van der Waals surface area contributed by atoms with Gasteiger partial charge in [-0.15, -0.1) is 0 Å². The molecule has 0 heterocycles. The fourth-order valence-electron chi connectivity index (χ4n) is 0.964. The minimum Gasteiger partial charge on any atom is -0.369 e. The van der Waals surface area contributed by atoms with E-state index in [0.717, 1.165) is 5.56 Å². The van der Waals surface area contributed by atoms with Crippen LogP contribution in [0.2, 0.25) is 0 Å². The second kappa shape index (κ2) is 4.84. The fourth-order valence-corrected chi connectivity index (χ4v) is 0.964. The molecule has 0 bridgehead atoms. The topological polar surface area (TPSA) is 100 Å². The second-order valence-corrected chi connectivity index (χ2v) is 2.61. The molecular formula is C9H11N5. The summed E-state index contributed by atoms with van der Waals surface area (Å²) < 4.78 is 0. The standard InChI is InChI=1S/C9H11N5/c10-6-13-9(12)14-8(11)7-4-2-1-3-5-7/h1-5,8H,11H2,(H3,12,13,14). The van der Waals surface area contributed by atoms with Crippen LogP contribution in [0, 0.1) is 11.5 Å². The molecule has 1 atom stereocenters. The van der Waals surface area contributed by atoms with Crippen molar-refractivity contribution in [3.05, 3.63) is 35.9 Å². The van der Waals surface area contributed by atoms with Gasteiger partial charge in [0.05, 0.1) is 0 Å². The highest BCUT2D eigenvalue weighted by Gasteiger charge is 2.02. The third kappa shape index (κ3) is 2.77. The molecule has 0 amide bonds. The van der Waals surface area contributed by atoms with Gasteiger partial charge in [-0.2, -0.15) is 5.26 Å². The molecule has 0 radical (unpaired) electrons. The van der Waals surface area contributed by atoms with E-state index in [2.05, 4.69) is 10.3 Å². The van der Waals surface area contributed by atoms with E-state index in [-0.39, 0.29) is 5.96 Å². The minimum absolute atomic E-state index is 0.0175. The summed E-state index contributed by atoms with van der Waals surface area (Å²) in [6.07, 6.45) is 1.12. The molecule has 5 heteroatoms. The van der Waals surface area contributed by atoms with E-state index in [9.17, 15) is 0 Å². The molecule has 1 unspecified atom stereocenters. The maximum absolute atomic E-state index is 8.26. The Kier molecular flexibility index (Phi) is 3.47. The van der Waals surface area contributed by atoms with Crippen LogP contribution in [0.1, 0.15) is 11.7 Å². The lowest BCUT2D eigenvalue weighted by Crippen LogP contribution is -2.29. The fraction of sp³-hybridized carbons (Fsp3) is 0.111. The first-order valence-electron chi connectivity index (χ1n) is 4.03. The van der Waals surface area contributed by atoms with E-state index < -0.39 is 6.17 Å². The average molecular weight is 189 g/mol. The zero-order chi connectivity index (χ0) is 10.4. The molecule has 0 saturated heterocycles. The Bertz CT molecular complexity index is 351. The van der Waals surface area contributed by atoms with Crippen LogP contribution in [0.5, 0.6) is 0 Å². The van der Waals surface area contributed by atoms with Gasteiger partial charge < -0.3 is 11.5 Å². The summed E-state index contributed by atoms with van der Waals surface area (Å²) in [5.41, 5.74) is 11.9. The molecule has 5 nitrogen and oxygen atoms in total. The van der Waals surface area contributed by atoms with Gasteiger partial charge in [-0.3, -0.25) is 5.32 Å². The van der Waals surface area contributed by atoms with Gasteiger partial charge in [-0.1, -0.05) is 30.3 Å². The normalized spacial score (nSPS) is 13.0. The largest absolute Gasteiger partial charge is 0.369 e. The Morgan fingerprint density at radius 3 is 2.64 bits per heavy atom. The van der Waals surface area contributed by atoms with Gasteiger partial charge >= 0.3 is 0 Å². The van der Waals surface area contributed by atoms with E-state index in [1.54, 1.807) is 6.19 Å². The molecule has 0 aliphatic carbocycles. The number of hydrogen-bond acceptors (Lipinski definition) is 3. The maximum atomic E-state index is 8.26. The quantitative estimate of drug-likeness (QED) is 0.264. The number of nitrogens with zero attached hydrogens (tertiary/aromatic N) is 2. The SMILES string of the molecule is N#CNC(N)=NC(N)c1ccccc1. The molecule has 0 fully saturated rings. The van der Waals surface area contributed by atoms with Crippen molar-refractivity contribution in [3.63, 3.8) is 0 Å². The smallest absolute Gasteiger partial charge is 0.203 e. The molecule has 0 aromatic heterocycles. The maximum Gasteiger partial charge on any atom is 0.203 e. The molecule has 5 N–H and O–H groups in total. The highest BCUT2D eigenvalue weighted by Crippen LogP contribution is 2.09. The summed E-state index contributed by atoms with van der Waals surface area (Å²) in [7, 11) is 0. The van der Waals surface area contributed by atoms with Crippen molar-refractivity contribution in [2.45, 2.75) is 6.17 Å². The molecule has 1 aromatic carbocycles. The van der Waals surface area contributed by atoms with E-state index in [1.807, 2.05) is 30.3 Å². The highest BCUT2D eigenvalue weighted by atomic mass is 15.1. The molecule has 0 spiro atoms. The molecule has 0 aliphatic heterocycles. The van der Waals surface area contributed by atoms with Crippen LogP contribution in [0.4, 0.5) is 0 Å². The highest BCUT2D eigenvalue weighted by molar-refractivity contribution is 5.79. The van der Waals surface area contributed by atoms with Crippen molar-refractivity contribution in [2.75, 3.05) is 0 Å². The Morgan fingerprint density at radius 2 is 2.07 bits per heavy atom. The first-order valence-corrected chi connectivity index (χ1v) is 4.03. The second-order valence-electron chi connectivity index (χ2n) is 2.61. The monoisotopic (exact) mass is 189 g/mol. The van der Waals surface area contributed by atoms with Gasteiger partial charge in [-0.05, 0) is 5.56 Å². The Labute approximate surface area is 82.0 Å². The molecular weight excluding hydrogens is 178 g/mol. The predicted molar refractivity (Wildman–Crippen MR) is 53.7 cm³/mol. The molecule has 72 valence electrons. The lowest BCUT2D eigenvalue weighted by molar-refractivity contribution is 0.769. The summed E-state index contributed by atoms with van der Waals surface area (Å²) in [5, 5.41) is 10.5. The number of benzene rings is 1. The summed E-state index contributed by atoms with van der Waals surface area (Å²) in [5.74, 6) is 0.0175. The Hall–Kier alpha value is -2.06. The van der Waals surface area contributed by atoms with Crippen molar-refractivity contribution < 1.29 is 0 Å². The first kappa shape index (κ1) is 10.0. The third-order valence-electron chi connectivity index (χ3n) is 1.60. The summed E-state index contributed by atoms with van der Waals surface area (Å²) in [6, 6.07) is 9.29. The Balaban J connectivity index is 2.73. The van der Waals surface area contributed by atoms with Crippen molar-refractivity contribution in [3.8, 4) is 6.19 Å². The van der Waals surface area contributed by atoms with Crippen LogP contribution < -0.4 is 16.8 Å². The van der Waals surface area contributed by atoms with Gasteiger partial charge in [0.1, 0.15) is 6.17 Å². The number of nitrogens with two attached hydrogens (primary N) is 2. The number of nitrogens with one attached hydrogen (secondary N) is 1. The summed E-state index contributed by atoms with van der Waals surface area (Å²) in [6.45, 7) is 0. The molecule has 0 saturated carbocycles. The van der Waals surface area contributed by atoms with Crippen LogP contribution in [0.15, 0.2) is 35.3 Å². The number of nitriles is 1. The molecule has 0 aliphatic rings. The molecule has 1 aromatic rings. The minimum atomic E-state index is -0.544. The number of rotatable bonds is 2. The van der Waals surface area contributed by atoms with Crippen LogP contribution >= 0.6 is 0 Å². The van der Waals surface area contributed by atoms with Crippen molar-refractivity contribution in [1.82, 2.24) is 5.32 Å². The molecule has 1 rings (SSSR count). The van der Waals surface area contributed by atoms with Crippen LogP contribution in [-0.4, -0.2) is 5.96 Å². The lowest BCUT2D eigenvalue weighted by Gasteiger charge is -2.06. The van der Waals surface area contributed by atoms with E-state index in [1.165, 1.54) is 0 Å². The van der Waals surface area contributed by atoms with Crippen LogP contribution in [0.25, 0.3) is 0 Å². The van der Waals surface area contributed by atoms with Gasteiger partial charge in [-0.25, -0.2) is 4.99 Å². The van der Waals surface area contributed by atoms with E-state index in [0.29, 0.717) is 0 Å². The van der Waals surface area contributed by atoms with Gasteiger partial charge in [0.25, 0.3) is 0 Å². The number of aliphatic imine (C=N–C) groups is 1. The third-order valence-corrected chi connectivity index (χ3v) is 1.60.